The fourth-order valence-electron chi connectivity index (χ4n) is 2.57. The van der Waals surface area contributed by atoms with E-state index >= 15 is 0 Å². The molecule has 0 saturated carbocycles. The summed E-state index contributed by atoms with van der Waals surface area (Å²) < 4.78 is 14.6. The number of halogens is 2. The molecule has 7 heteroatoms. The van der Waals surface area contributed by atoms with Crippen LogP contribution in [-0.4, -0.2) is 34.6 Å². The number of nitrogens with zero attached hydrogens (tertiary/aromatic N) is 2. The Morgan fingerprint density at radius 2 is 2.32 bits per heavy atom. The van der Waals surface area contributed by atoms with Crippen LogP contribution in [0.3, 0.4) is 0 Å². The summed E-state index contributed by atoms with van der Waals surface area (Å²) in [4.78, 5) is 14.0. The van der Waals surface area contributed by atoms with Crippen molar-refractivity contribution in [1.82, 2.24) is 20.4 Å². The number of hydrogen-bond donors (Lipinski definition) is 2. The van der Waals surface area contributed by atoms with Crippen LogP contribution in [0.4, 0.5) is 4.39 Å². The van der Waals surface area contributed by atoms with E-state index in [9.17, 15) is 9.18 Å². The lowest BCUT2D eigenvalue weighted by Gasteiger charge is -2.18. The maximum Gasteiger partial charge on any atom is 0.274 e. The van der Waals surface area contributed by atoms with Crippen LogP contribution in [0.5, 0.6) is 0 Å². The van der Waals surface area contributed by atoms with Gasteiger partial charge in [0.15, 0.2) is 5.69 Å². The van der Waals surface area contributed by atoms with Gasteiger partial charge in [-0.3, -0.25) is 9.89 Å². The van der Waals surface area contributed by atoms with Gasteiger partial charge in [0, 0.05) is 54.4 Å². The van der Waals surface area contributed by atoms with Crippen LogP contribution in [0, 0.1) is 5.82 Å². The first-order valence-corrected chi connectivity index (χ1v) is 7.82. The van der Waals surface area contributed by atoms with Gasteiger partial charge in [-0.1, -0.05) is 15.9 Å². The van der Waals surface area contributed by atoms with Crippen molar-refractivity contribution in [2.45, 2.75) is 19.5 Å². The van der Waals surface area contributed by atoms with E-state index in [1.165, 1.54) is 11.0 Å². The van der Waals surface area contributed by atoms with Crippen LogP contribution in [0.1, 0.15) is 27.3 Å². The van der Waals surface area contributed by atoms with Crippen LogP contribution in [-0.2, 0) is 19.5 Å². The molecule has 0 fully saturated rings. The number of benzene rings is 1. The smallest absolute Gasteiger partial charge is 0.274 e. The molecule has 2 aromatic rings. The molecule has 116 valence electrons. The molecule has 3 rings (SSSR count). The average molecular weight is 367 g/mol. The lowest BCUT2D eigenvalue weighted by atomic mass is 10.1. The Hall–Kier alpha value is -1.73. The maximum atomic E-state index is 13.8. The third-order valence-electron chi connectivity index (χ3n) is 3.77. The van der Waals surface area contributed by atoms with E-state index in [0.29, 0.717) is 17.8 Å². The van der Waals surface area contributed by atoms with E-state index < -0.39 is 0 Å². The molecule has 2 N–H and O–H groups in total. The van der Waals surface area contributed by atoms with E-state index in [1.54, 1.807) is 19.2 Å². The molecule has 1 aromatic heterocycles. The van der Waals surface area contributed by atoms with Crippen molar-refractivity contribution in [3.8, 4) is 0 Å². The molecule has 2 heterocycles. The largest absolute Gasteiger partial charge is 0.336 e. The molecule has 0 bridgehead atoms. The number of carbonyl (C=O) groups excluding carboxylic acids is 1. The van der Waals surface area contributed by atoms with Crippen molar-refractivity contribution in [2.24, 2.45) is 0 Å². The van der Waals surface area contributed by atoms with Gasteiger partial charge >= 0.3 is 0 Å². The van der Waals surface area contributed by atoms with Gasteiger partial charge in [-0.05, 0) is 18.2 Å². The quantitative estimate of drug-likeness (QED) is 0.875. The topological polar surface area (TPSA) is 61.0 Å². The first-order chi connectivity index (χ1) is 10.6. The third-order valence-corrected chi connectivity index (χ3v) is 4.26. The summed E-state index contributed by atoms with van der Waals surface area (Å²) in [6, 6.07) is 4.70. The van der Waals surface area contributed by atoms with Crippen molar-refractivity contribution < 1.29 is 9.18 Å². The molecule has 0 spiro atoms. The fraction of sp³-hybridized carbons (Fsp3) is 0.333. The predicted octanol–water partition coefficient (Wildman–Crippen LogP) is 2.23. The molecule has 22 heavy (non-hydrogen) atoms. The molecule has 1 aliphatic heterocycles. The zero-order valence-corrected chi connectivity index (χ0v) is 13.7. The van der Waals surface area contributed by atoms with Crippen molar-refractivity contribution in [3.63, 3.8) is 0 Å². The predicted molar refractivity (Wildman–Crippen MR) is 83.9 cm³/mol. The molecule has 0 saturated heterocycles. The maximum absolute atomic E-state index is 13.8. The molecule has 1 amide bonds. The third kappa shape index (κ3) is 2.91. The normalized spacial score (nSPS) is 13.8. The Morgan fingerprint density at radius 3 is 3.14 bits per heavy atom. The van der Waals surface area contributed by atoms with Crippen molar-refractivity contribution in [2.75, 3.05) is 13.6 Å². The van der Waals surface area contributed by atoms with E-state index in [4.69, 9.17) is 0 Å². The Balaban J connectivity index is 1.80. The monoisotopic (exact) mass is 366 g/mol. The van der Waals surface area contributed by atoms with Crippen molar-refractivity contribution in [1.29, 1.82) is 0 Å². The lowest BCUT2D eigenvalue weighted by molar-refractivity contribution is 0.0776. The van der Waals surface area contributed by atoms with Gasteiger partial charge in [0.2, 0.25) is 0 Å². The van der Waals surface area contributed by atoms with Crippen LogP contribution < -0.4 is 5.32 Å². The van der Waals surface area contributed by atoms with Gasteiger partial charge in [-0.2, -0.15) is 5.10 Å². The summed E-state index contributed by atoms with van der Waals surface area (Å²) in [5.41, 5.74) is 2.80. The van der Waals surface area contributed by atoms with Crippen LogP contribution in [0.15, 0.2) is 22.7 Å². The second kappa shape index (κ2) is 6.18. The number of rotatable bonds is 3. The number of fused-ring (bicyclic) bond motifs is 1. The molecular weight excluding hydrogens is 351 g/mol. The minimum absolute atomic E-state index is 0.194. The van der Waals surface area contributed by atoms with Crippen molar-refractivity contribution in [3.05, 3.63) is 51.0 Å². The Labute approximate surface area is 136 Å². The standard InChI is InChI=1S/C15H16BrFN4O/c1-21(8-9-6-10(16)2-3-12(9)17)15(22)14-11-7-18-5-4-13(11)19-20-14/h2-3,6,18H,4-5,7-8H2,1H3,(H,19,20). The van der Waals surface area contributed by atoms with E-state index in [2.05, 4.69) is 31.4 Å². The van der Waals surface area contributed by atoms with Crippen LogP contribution in [0.25, 0.3) is 0 Å². The molecular formula is C15H16BrFN4O. The van der Waals surface area contributed by atoms with Gasteiger partial charge < -0.3 is 10.2 Å². The van der Waals surface area contributed by atoms with Crippen LogP contribution >= 0.6 is 15.9 Å². The summed E-state index contributed by atoms with van der Waals surface area (Å²) in [6.45, 7) is 1.70. The number of hydrogen-bond acceptors (Lipinski definition) is 3. The Morgan fingerprint density at radius 1 is 1.50 bits per heavy atom. The molecule has 0 atom stereocenters. The number of aromatic amines is 1. The summed E-state index contributed by atoms with van der Waals surface area (Å²) in [6.07, 6.45) is 0.833. The van der Waals surface area contributed by atoms with Crippen molar-refractivity contribution >= 4 is 21.8 Å². The van der Waals surface area contributed by atoms with E-state index in [0.717, 1.165) is 28.7 Å². The highest BCUT2D eigenvalue weighted by Crippen LogP contribution is 2.20. The number of carbonyl (C=O) groups is 1. The zero-order chi connectivity index (χ0) is 15.7. The van der Waals surface area contributed by atoms with E-state index in [-0.39, 0.29) is 18.3 Å². The van der Waals surface area contributed by atoms with Gasteiger partial charge in [0.05, 0.1) is 0 Å². The highest BCUT2D eigenvalue weighted by Gasteiger charge is 2.24. The molecule has 1 aliphatic rings. The van der Waals surface area contributed by atoms with Crippen LogP contribution in [0.2, 0.25) is 0 Å². The summed E-state index contributed by atoms with van der Waals surface area (Å²) in [5.74, 6) is -0.533. The second-order valence-corrected chi connectivity index (χ2v) is 6.27. The summed E-state index contributed by atoms with van der Waals surface area (Å²) in [7, 11) is 1.65. The highest BCUT2D eigenvalue weighted by molar-refractivity contribution is 9.10. The highest BCUT2D eigenvalue weighted by atomic mass is 79.9. The first-order valence-electron chi connectivity index (χ1n) is 7.02. The zero-order valence-electron chi connectivity index (χ0n) is 12.1. The number of aromatic nitrogens is 2. The van der Waals surface area contributed by atoms with Gasteiger partial charge in [0.25, 0.3) is 5.91 Å². The molecule has 0 unspecified atom stereocenters. The number of amides is 1. The fourth-order valence-corrected chi connectivity index (χ4v) is 2.98. The first kappa shape index (κ1) is 15.2. The summed E-state index contributed by atoms with van der Waals surface area (Å²) >= 11 is 3.32. The van der Waals surface area contributed by atoms with Gasteiger partial charge in [0.1, 0.15) is 5.82 Å². The minimum atomic E-state index is -0.325. The van der Waals surface area contributed by atoms with Gasteiger partial charge in [-0.25, -0.2) is 4.39 Å². The number of nitrogens with one attached hydrogen (secondary N) is 2. The summed E-state index contributed by atoms with van der Waals surface area (Å²) in [5, 5.41) is 10.3. The molecule has 0 radical (unpaired) electrons. The molecule has 1 aromatic carbocycles. The number of H-pyrrole nitrogens is 1. The van der Waals surface area contributed by atoms with Gasteiger partial charge in [-0.15, -0.1) is 0 Å². The minimum Gasteiger partial charge on any atom is -0.336 e. The molecule has 5 nitrogen and oxygen atoms in total. The SMILES string of the molecule is CN(Cc1cc(Br)ccc1F)C(=O)c1n[nH]c2c1CNCC2. The average Bonchev–Trinajstić information content (AvgIpc) is 2.94. The van der Waals surface area contributed by atoms with E-state index in [1.807, 2.05) is 0 Å². The Bertz CT molecular complexity index is 716. The molecule has 0 aliphatic carbocycles. The Kier molecular flexibility index (Phi) is 4.26. The lowest BCUT2D eigenvalue weighted by Crippen LogP contribution is -2.30. The second-order valence-electron chi connectivity index (χ2n) is 5.35.